The molecular formula is C20H23Cl2N3O2. The molecule has 0 unspecified atom stereocenters. The molecule has 2 amide bonds. The van der Waals surface area contributed by atoms with E-state index in [9.17, 15) is 9.59 Å². The Hall–Kier alpha value is -2.08. The van der Waals surface area contributed by atoms with Crippen LogP contribution in [0.5, 0.6) is 0 Å². The fourth-order valence-corrected chi connectivity index (χ4v) is 3.00. The quantitative estimate of drug-likeness (QED) is 0.715. The van der Waals surface area contributed by atoms with E-state index in [-0.39, 0.29) is 24.9 Å². The zero-order chi connectivity index (χ0) is 20.0. The van der Waals surface area contributed by atoms with Crippen LogP contribution in [0.2, 0.25) is 10.0 Å². The van der Waals surface area contributed by atoms with Crippen LogP contribution in [0.15, 0.2) is 36.4 Å². The minimum atomic E-state index is -0.242. The van der Waals surface area contributed by atoms with Crippen molar-refractivity contribution in [2.24, 2.45) is 0 Å². The Bertz CT molecular complexity index is 840. The highest BCUT2D eigenvalue weighted by Gasteiger charge is 2.13. The van der Waals surface area contributed by atoms with E-state index in [2.05, 4.69) is 10.6 Å². The molecule has 2 aromatic rings. The van der Waals surface area contributed by atoms with Gasteiger partial charge in [-0.15, -0.1) is 0 Å². The van der Waals surface area contributed by atoms with E-state index in [1.165, 1.54) is 0 Å². The molecule has 0 heterocycles. The number of halogens is 2. The highest BCUT2D eigenvalue weighted by Crippen LogP contribution is 2.25. The molecule has 0 aliphatic heterocycles. The molecule has 0 atom stereocenters. The van der Waals surface area contributed by atoms with Crippen LogP contribution in [0.25, 0.3) is 0 Å². The van der Waals surface area contributed by atoms with E-state index in [0.717, 1.165) is 23.2 Å². The molecule has 0 aromatic heterocycles. The second-order valence-corrected chi connectivity index (χ2v) is 7.17. The van der Waals surface area contributed by atoms with Gasteiger partial charge in [-0.2, -0.15) is 0 Å². The third-order valence-corrected chi connectivity index (χ3v) is 4.77. The zero-order valence-electron chi connectivity index (χ0n) is 15.6. The lowest BCUT2D eigenvalue weighted by molar-refractivity contribution is -0.119. The third kappa shape index (κ3) is 6.24. The molecule has 0 saturated carbocycles. The van der Waals surface area contributed by atoms with Gasteiger partial charge in [0, 0.05) is 11.4 Å². The summed E-state index contributed by atoms with van der Waals surface area (Å²) in [5.41, 5.74) is 3.50. The molecule has 5 nitrogen and oxygen atoms in total. The van der Waals surface area contributed by atoms with Crippen LogP contribution >= 0.6 is 23.2 Å². The lowest BCUT2D eigenvalue weighted by atomic mass is 10.1. The van der Waals surface area contributed by atoms with Crippen molar-refractivity contribution in [1.29, 1.82) is 0 Å². The lowest BCUT2D eigenvalue weighted by Gasteiger charge is -2.18. The maximum Gasteiger partial charge on any atom is 0.238 e. The van der Waals surface area contributed by atoms with Crippen molar-refractivity contribution in [1.82, 2.24) is 4.90 Å². The zero-order valence-corrected chi connectivity index (χ0v) is 17.1. The predicted octanol–water partition coefficient (Wildman–Crippen LogP) is 4.37. The molecule has 0 aliphatic carbocycles. The number of aryl methyl sites for hydroxylation is 2. The number of hydrogen-bond donors (Lipinski definition) is 2. The number of para-hydroxylation sites is 1. The van der Waals surface area contributed by atoms with Crippen molar-refractivity contribution in [3.8, 4) is 0 Å². The van der Waals surface area contributed by atoms with Gasteiger partial charge in [0.2, 0.25) is 11.8 Å². The molecule has 144 valence electrons. The van der Waals surface area contributed by atoms with Crippen LogP contribution in [0, 0.1) is 6.92 Å². The normalized spacial score (nSPS) is 10.7. The summed E-state index contributed by atoms with van der Waals surface area (Å²) in [5, 5.41) is 6.48. The van der Waals surface area contributed by atoms with E-state index in [1.54, 1.807) is 30.1 Å². The molecular weight excluding hydrogens is 385 g/mol. The Kier molecular flexibility index (Phi) is 7.66. The van der Waals surface area contributed by atoms with Crippen molar-refractivity contribution in [2.45, 2.75) is 20.3 Å². The monoisotopic (exact) mass is 407 g/mol. The molecule has 27 heavy (non-hydrogen) atoms. The summed E-state index contributed by atoms with van der Waals surface area (Å²) in [6.07, 6.45) is 0.833. The summed E-state index contributed by atoms with van der Waals surface area (Å²) in [4.78, 5) is 26.1. The first-order chi connectivity index (χ1) is 12.8. The molecule has 0 saturated heterocycles. The number of nitrogens with one attached hydrogen (secondary N) is 2. The van der Waals surface area contributed by atoms with Crippen LogP contribution in [0.3, 0.4) is 0 Å². The van der Waals surface area contributed by atoms with Crippen LogP contribution in [-0.4, -0.2) is 36.9 Å². The van der Waals surface area contributed by atoms with E-state index in [0.29, 0.717) is 15.7 Å². The van der Waals surface area contributed by atoms with Gasteiger partial charge in [-0.1, -0.05) is 48.3 Å². The highest BCUT2D eigenvalue weighted by molar-refractivity contribution is 6.42. The molecule has 0 radical (unpaired) electrons. The Labute approximate surface area is 169 Å². The number of anilines is 2. The molecule has 2 aromatic carbocycles. The SMILES string of the molecule is CCc1cccc(C)c1NC(=O)CN(C)CC(=O)Nc1ccc(Cl)c(Cl)c1. The van der Waals surface area contributed by atoms with Crippen molar-refractivity contribution in [3.05, 3.63) is 57.6 Å². The van der Waals surface area contributed by atoms with Crippen LogP contribution in [0.1, 0.15) is 18.1 Å². The van der Waals surface area contributed by atoms with Crippen molar-refractivity contribution in [2.75, 3.05) is 30.8 Å². The number of likely N-dealkylation sites (N-methyl/N-ethyl adjacent to an activating group) is 1. The molecule has 0 fully saturated rings. The fraction of sp³-hybridized carbons (Fsp3) is 0.300. The Morgan fingerprint density at radius 1 is 1.00 bits per heavy atom. The molecule has 2 N–H and O–H groups in total. The highest BCUT2D eigenvalue weighted by atomic mass is 35.5. The topological polar surface area (TPSA) is 61.4 Å². The minimum Gasteiger partial charge on any atom is -0.325 e. The van der Waals surface area contributed by atoms with Crippen molar-refractivity contribution >= 4 is 46.4 Å². The van der Waals surface area contributed by atoms with Gasteiger partial charge < -0.3 is 10.6 Å². The summed E-state index contributed by atoms with van der Waals surface area (Å²) in [6, 6.07) is 10.8. The van der Waals surface area contributed by atoms with E-state index >= 15 is 0 Å². The first-order valence-electron chi connectivity index (χ1n) is 8.62. The van der Waals surface area contributed by atoms with Crippen LogP contribution in [0.4, 0.5) is 11.4 Å². The van der Waals surface area contributed by atoms with Crippen LogP contribution in [-0.2, 0) is 16.0 Å². The number of rotatable bonds is 7. The maximum absolute atomic E-state index is 12.3. The minimum absolute atomic E-state index is 0.0715. The predicted molar refractivity (Wildman–Crippen MR) is 112 cm³/mol. The molecule has 0 spiro atoms. The van der Waals surface area contributed by atoms with Gasteiger partial charge in [0.25, 0.3) is 0 Å². The van der Waals surface area contributed by atoms with Gasteiger partial charge in [0.15, 0.2) is 0 Å². The number of amides is 2. The smallest absolute Gasteiger partial charge is 0.238 e. The Morgan fingerprint density at radius 3 is 2.30 bits per heavy atom. The summed E-state index contributed by atoms with van der Waals surface area (Å²) >= 11 is 11.8. The second-order valence-electron chi connectivity index (χ2n) is 6.36. The summed E-state index contributed by atoms with van der Waals surface area (Å²) in [5.74, 6) is -0.405. The molecule has 0 aliphatic rings. The summed E-state index contributed by atoms with van der Waals surface area (Å²) < 4.78 is 0. The first kappa shape index (κ1) is 21.2. The maximum atomic E-state index is 12.3. The van der Waals surface area contributed by atoms with Gasteiger partial charge in [-0.3, -0.25) is 14.5 Å². The van der Waals surface area contributed by atoms with E-state index < -0.39 is 0 Å². The van der Waals surface area contributed by atoms with Gasteiger partial charge in [0.1, 0.15) is 0 Å². The largest absolute Gasteiger partial charge is 0.325 e. The van der Waals surface area contributed by atoms with Crippen molar-refractivity contribution in [3.63, 3.8) is 0 Å². The average molecular weight is 408 g/mol. The van der Waals surface area contributed by atoms with Gasteiger partial charge in [0.05, 0.1) is 23.1 Å². The Morgan fingerprint density at radius 2 is 1.67 bits per heavy atom. The molecule has 0 bridgehead atoms. The second kappa shape index (κ2) is 9.74. The van der Waals surface area contributed by atoms with Gasteiger partial charge in [-0.25, -0.2) is 0 Å². The number of benzene rings is 2. The van der Waals surface area contributed by atoms with Crippen molar-refractivity contribution < 1.29 is 9.59 Å². The number of hydrogen-bond acceptors (Lipinski definition) is 3. The summed E-state index contributed by atoms with van der Waals surface area (Å²) in [7, 11) is 1.71. The third-order valence-electron chi connectivity index (χ3n) is 4.03. The fourth-order valence-electron chi connectivity index (χ4n) is 2.70. The average Bonchev–Trinajstić information content (AvgIpc) is 2.59. The molecule has 2 rings (SSSR count). The number of carbonyl (C=O) groups excluding carboxylic acids is 2. The van der Waals surface area contributed by atoms with Gasteiger partial charge >= 0.3 is 0 Å². The van der Waals surface area contributed by atoms with Gasteiger partial charge in [-0.05, 0) is 49.7 Å². The summed E-state index contributed by atoms with van der Waals surface area (Å²) in [6.45, 7) is 4.18. The van der Waals surface area contributed by atoms with E-state index in [1.807, 2.05) is 32.0 Å². The van der Waals surface area contributed by atoms with E-state index in [4.69, 9.17) is 23.2 Å². The van der Waals surface area contributed by atoms with Crippen LogP contribution < -0.4 is 10.6 Å². The Balaban J connectivity index is 1.89. The lowest BCUT2D eigenvalue weighted by Crippen LogP contribution is -2.36. The molecule has 7 heteroatoms. The standard InChI is InChI=1S/C20H23Cl2N3O2/c1-4-14-7-5-6-13(2)20(14)24-19(27)12-25(3)11-18(26)23-15-8-9-16(21)17(22)10-15/h5-10H,4,11-12H2,1-3H3,(H,23,26)(H,24,27). The first-order valence-corrected chi connectivity index (χ1v) is 9.37. The number of carbonyl (C=O) groups is 2. The number of nitrogens with zero attached hydrogens (tertiary/aromatic N) is 1.